The number of sulfonamides is 1. The first-order chi connectivity index (χ1) is 9.51. The van der Waals surface area contributed by atoms with Crippen LogP contribution in [0.4, 0.5) is 5.69 Å². The van der Waals surface area contributed by atoms with Crippen LogP contribution in [0, 0.1) is 0 Å². The molecule has 0 aliphatic carbocycles. The number of pyridine rings is 1. The van der Waals surface area contributed by atoms with Gasteiger partial charge in [-0.1, -0.05) is 0 Å². The first-order valence-electron chi connectivity index (χ1n) is 5.97. The van der Waals surface area contributed by atoms with Gasteiger partial charge in [0.2, 0.25) is 0 Å². The van der Waals surface area contributed by atoms with Gasteiger partial charge in [-0.15, -0.1) is 0 Å². The van der Waals surface area contributed by atoms with Crippen LogP contribution < -0.4 is 10.0 Å². The van der Waals surface area contributed by atoms with E-state index < -0.39 is 16.1 Å². The van der Waals surface area contributed by atoms with E-state index in [1.807, 2.05) is 0 Å². The van der Waals surface area contributed by atoms with E-state index in [1.165, 1.54) is 22.9 Å². The predicted octanol–water partition coefficient (Wildman–Crippen LogP) is 0.702. The summed E-state index contributed by atoms with van der Waals surface area (Å²) in [5.74, 6) is 0. The number of nitrogens with one attached hydrogen (secondary N) is 1. The van der Waals surface area contributed by atoms with E-state index in [2.05, 4.69) is 15.2 Å². The van der Waals surface area contributed by atoms with Crippen LogP contribution in [-0.4, -0.2) is 29.6 Å². The van der Waals surface area contributed by atoms with Gasteiger partial charge in [0.25, 0.3) is 10.0 Å². The Morgan fingerprint density at radius 1 is 1.40 bits per heavy atom. The lowest BCUT2D eigenvalue weighted by atomic mass is 10.1. The van der Waals surface area contributed by atoms with Crippen molar-refractivity contribution in [1.29, 1.82) is 0 Å². The standard InChI is InChI=1S/C12H13N5O2S/c1-8(13)11-4-9-2-3-14-7-12(9)20(18,19)17(11)10-5-15-16-6-10/h2-8H,13H2,1H3,(H,15,16). The molecule has 3 rings (SSSR count). The maximum Gasteiger partial charge on any atom is 0.270 e. The Bertz CT molecular complexity index is 765. The van der Waals surface area contributed by atoms with E-state index in [4.69, 9.17) is 5.73 Å². The van der Waals surface area contributed by atoms with Crippen LogP contribution in [0.3, 0.4) is 0 Å². The number of H-pyrrole nitrogens is 1. The Kier molecular flexibility index (Phi) is 2.84. The molecule has 104 valence electrons. The molecule has 1 atom stereocenters. The number of aromatic nitrogens is 3. The number of anilines is 1. The number of hydrogen-bond donors (Lipinski definition) is 2. The Morgan fingerprint density at radius 2 is 2.20 bits per heavy atom. The zero-order valence-electron chi connectivity index (χ0n) is 10.7. The minimum Gasteiger partial charge on any atom is -0.323 e. The van der Waals surface area contributed by atoms with Crippen LogP contribution >= 0.6 is 0 Å². The molecule has 0 aromatic carbocycles. The SMILES string of the molecule is CC(N)C1=Cc2ccncc2S(=O)(=O)N1c1cn[nH]c1. The summed E-state index contributed by atoms with van der Waals surface area (Å²) < 4.78 is 26.7. The fraction of sp³-hybridized carbons (Fsp3) is 0.167. The van der Waals surface area contributed by atoms with Crippen molar-refractivity contribution in [3.8, 4) is 0 Å². The van der Waals surface area contributed by atoms with Crippen LogP contribution in [0.1, 0.15) is 12.5 Å². The minimum atomic E-state index is -3.74. The van der Waals surface area contributed by atoms with Crippen LogP contribution in [0.25, 0.3) is 6.08 Å². The molecule has 1 aliphatic heterocycles. The third-order valence-electron chi connectivity index (χ3n) is 3.06. The van der Waals surface area contributed by atoms with Crippen molar-refractivity contribution in [2.45, 2.75) is 17.9 Å². The van der Waals surface area contributed by atoms with Crippen LogP contribution in [0.2, 0.25) is 0 Å². The summed E-state index contributed by atoms with van der Waals surface area (Å²) in [7, 11) is -3.74. The second-order valence-corrected chi connectivity index (χ2v) is 6.25. The number of rotatable bonds is 2. The summed E-state index contributed by atoms with van der Waals surface area (Å²) in [6.07, 6.45) is 7.60. The summed E-state index contributed by atoms with van der Waals surface area (Å²) in [5.41, 5.74) is 7.42. The lowest BCUT2D eigenvalue weighted by molar-refractivity contribution is 0.591. The normalized spacial score (nSPS) is 18.3. The van der Waals surface area contributed by atoms with Crippen molar-refractivity contribution in [1.82, 2.24) is 15.2 Å². The van der Waals surface area contributed by atoms with Crippen molar-refractivity contribution < 1.29 is 8.42 Å². The van der Waals surface area contributed by atoms with Crippen LogP contribution in [-0.2, 0) is 10.0 Å². The second-order valence-electron chi connectivity index (χ2n) is 4.50. The monoisotopic (exact) mass is 291 g/mol. The first-order valence-corrected chi connectivity index (χ1v) is 7.41. The Hall–Kier alpha value is -2.19. The smallest absolute Gasteiger partial charge is 0.270 e. The zero-order valence-corrected chi connectivity index (χ0v) is 11.5. The summed E-state index contributed by atoms with van der Waals surface area (Å²) in [6, 6.07) is 1.21. The molecule has 0 bridgehead atoms. The number of aromatic amines is 1. The summed E-state index contributed by atoms with van der Waals surface area (Å²) in [6.45, 7) is 1.74. The number of nitrogens with zero attached hydrogens (tertiary/aromatic N) is 3. The largest absolute Gasteiger partial charge is 0.323 e. The van der Waals surface area contributed by atoms with Gasteiger partial charge in [0.15, 0.2) is 0 Å². The Morgan fingerprint density at radius 3 is 2.85 bits per heavy atom. The van der Waals surface area contributed by atoms with Crippen LogP contribution in [0.5, 0.6) is 0 Å². The summed E-state index contributed by atoms with van der Waals surface area (Å²) in [4.78, 5) is 4.05. The predicted molar refractivity (Wildman–Crippen MR) is 74.1 cm³/mol. The van der Waals surface area contributed by atoms with Gasteiger partial charge in [0.05, 0.1) is 17.6 Å². The maximum absolute atomic E-state index is 12.8. The van der Waals surface area contributed by atoms with Gasteiger partial charge in [-0.2, -0.15) is 5.10 Å². The van der Waals surface area contributed by atoms with Gasteiger partial charge in [0.1, 0.15) is 4.90 Å². The van der Waals surface area contributed by atoms with Crippen molar-refractivity contribution in [3.63, 3.8) is 0 Å². The lowest BCUT2D eigenvalue weighted by Gasteiger charge is -2.31. The van der Waals surface area contributed by atoms with E-state index >= 15 is 0 Å². The average Bonchev–Trinajstić information content (AvgIpc) is 2.91. The highest BCUT2D eigenvalue weighted by Gasteiger charge is 2.35. The first kappa shape index (κ1) is 12.8. The second kappa shape index (κ2) is 4.43. The zero-order chi connectivity index (χ0) is 14.3. The van der Waals surface area contributed by atoms with Crippen molar-refractivity contribution >= 4 is 21.8 Å². The fourth-order valence-electron chi connectivity index (χ4n) is 2.14. The molecule has 0 radical (unpaired) electrons. The van der Waals surface area contributed by atoms with Gasteiger partial charge in [-0.05, 0) is 24.6 Å². The Labute approximate surface area is 116 Å². The molecule has 0 spiro atoms. The van der Waals surface area contributed by atoms with E-state index in [1.54, 1.807) is 25.3 Å². The van der Waals surface area contributed by atoms with Crippen LogP contribution in [0.15, 0.2) is 41.4 Å². The maximum atomic E-state index is 12.8. The van der Waals surface area contributed by atoms with Gasteiger partial charge >= 0.3 is 0 Å². The molecule has 3 N–H and O–H groups in total. The van der Waals surface area contributed by atoms with E-state index in [0.717, 1.165) is 0 Å². The molecule has 0 fully saturated rings. The fourth-order valence-corrected chi connectivity index (χ4v) is 3.83. The molecule has 7 nitrogen and oxygen atoms in total. The molecule has 3 heterocycles. The summed E-state index contributed by atoms with van der Waals surface area (Å²) in [5, 5.41) is 6.41. The van der Waals surface area contributed by atoms with Crippen molar-refractivity contribution in [3.05, 3.63) is 42.1 Å². The topological polar surface area (TPSA) is 105 Å². The van der Waals surface area contributed by atoms with E-state index in [9.17, 15) is 8.42 Å². The molecule has 1 unspecified atom stereocenters. The highest BCUT2D eigenvalue weighted by molar-refractivity contribution is 7.93. The molecule has 2 aromatic heterocycles. The average molecular weight is 291 g/mol. The minimum absolute atomic E-state index is 0.158. The van der Waals surface area contributed by atoms with Crippen molar-refractivity contribution in [2.24, 2.45) is 5.73 Å². The third kappa shape index (κ3) is 1.81. The number of nitrogens with two attached hydrogens (primary N) is 1. The molecule has 20 heavy (non-hydrogen) atoms. The Balaban J connectivity index is 2.30. The number of hydrogen-bond acceptors (Lipinski definition) is 5. The molecule has 0 amide bonds. The van der Waals surface area contributed by atoms with Gasteiger partial charge in [0, 0.05) is 24.6 Å². The van der Waals surface area contributed by atoms with Gasteiger partial charge < -0.3 is 5.73 Å². The van der Waals surface area contributed by atoms with Gasteiger partial charge in [-0.25, -0.2) is 12.7 Å². The third-order valence-corrected chi connectivity index (χ3v) is 4.86. The molecule has 2 aromatic rings. The molecular weight excluding hydrogens is 278 g/mol. The highest BCUT2D eigenvalue weighted by atomic mass is 32.2. The lowest BCUT2D eigenvalue weighted by Crippen LogP contribution is -2.39. The molecular formula is C12H13N5O2S. The summed E-state index contributed by atoms with van der Waals surface area (Å²) >= 11 is 0. The molecule has 8 heteroatoms. The van der Waals surface area contributed by atoms with Crippen molar-refractivity contribution in [2.75, 3.05) is 4.31 Å². The van der Waals surface area contributed by atoms with E-state index in [0.29, 0.717) is 16.9 Å². The van der Waals surface area contributed by atoms with Gasteiger partial charge in [-0.3, -0.25) is 10.1 Å². The molecule has 1 aliphatic rings. The quantitative estimate of drug-likeness (QED) is 0.847. The molecule has 0 saturated heterocycles. The molecule has 0 saturated carbocycles. The van der Waals surface area contributed by atoms with E-state index in [-0.39, 0.29) is 4.90 Å². The number of fused-ring (bicyclic) bond motifs is 1. The highest BCUT2D eigenvalue weighted by Crippen LogP contribution is 2.35.